The molecule has 48 valence electrons. The number of phosphoric acid groups is 1. The van der Waals surface area contributed by atoms with Gasteiger partial charge < -0.3 is 32.6 Å². The van der Waals surface area contributed by atoms with Gasteiger partial charge in [0, 0.05) is 0 Å². The minimum Gasteiger partial charge on any atom is -2.00 e. The SMILES string of the molecule is O=P([O-])(O)O.[Cl-].[K+].[Mg+2].[Na+].[O-2]. The summed E-state index contributed by atoms with van der Waals surface area (Å²) in [7, 11) is -4.89. The molecule has 0 aromatic rings. The molecular weight excluding hydrogens is 233 g/mol. The van der Waals surface area contributed by atoms with Crippen LogP contribution in [0.5, 0.6) is 0 Å². The Morgan fingerprint density at radius 2 is 1.30 bits per heavy atom. The van der Waals surface area contributed by atoms with Gasteiger partial charge in [-0.15, -0.1) is 0 Å². The Morgan fingerprint density at radius 3 is 1.30 bits per heavy atom. The first-order valence-corrected chi connectivity index (χ1v) is 2.30. The second kappa shape index (κ2) is 18.5. The zero-order valence-electron chi connectivity index (χ0n) is 5.65. The van der Waals surface area contributed by atoms with Crippen LogP contribution in [-0.2, 0) is 10.0 Å². The first-order valence-electron chi connectivity index (χ1n) is 0.765. The van der Waals surface area contributed by atoms with Gasteiger partial charge in [-0.05, 0) is 0 Å². The fourth-order valence-corrected chi connectivity index (χ4v) is 0. The number of halogens is 1. The van der Waals surface area contributed by atoms with Crippen LogP contribution in [0.4, 0.5) is 0 Å². The summed E-state index contributed by atoms with van der Waals surface area (Å²) in [5.41, 5.74) is 0. The largest absolute Gasteiger partial charge is 2.00 e. The van der Waals surface area contributed by atoms with Crippen LogP contribution in [0.15, 0.2) is 0 Å². The van der Waals surface area contributed by atoms with E-state index in [1.807, 2.05) is 0 Å². The van der Waals surface area contributed by atoms with Crippen molar-refractivity contribution in [1.29, 1.82) is 0 Å². The van der Waals surface area contributed by atoms with Gasteiger partial charge in [0.2, 0.25) is 0 Å². The number of hydrogen-bond donors (Lipinski definition) is 2. The molecule has 0 unspecified atom stereocenters. The monoisotopic (exact) mass is 234 g/mol. The summed E-state index contributed by atoms with van der Waals surface area (Å²) in [5, 5.41) is 0. The molecule has 0 heterocycles. The Balaban J connectivity index is -0.00000000800. The topological polar surface area (TPSA) is 109 Å². The zero-order chi connectivity index (χ0) is 4.50. The number of hydrogen-bond acceptors (Lipinski definition) is 2. The summed E-state index contributed by atoms with van der Waals surface area (Å²) in [6.07, 6.45) is 0. The van der Waals surface area contributed by atoms with E-state index in [4.69, 9.17) is 19.2 Å². The molecule has 0 aliphatic rings. The van der Waals surface area contributed by atoms with E-state index in [1.54, 1.807) is 0 Å². The molecular formula is H2ClKMgNaO5P. The van der Waals surface area contributed by atoms with Gasteiger partial charge in [-0.25, -0.2) is 0 Å². The molecule has 0 fully saturated rings. The molecule has 5 nitrogen and oxygen atoms in total. The van der Waals surface area contributed by atoms with Gasteiger partial charge in [0.1, 0.15) is 0 Å². The van der Waals surface area contributed by atoms with E-state index in [-0.39, 0.29) is 122 Å². The Morgan fingerprint density at radius 1 is 1.30 bits per heavy atom. The maximum atomic E-state index is 8.77. The van der Waals surface area contributed by atoms with Gasteiger partial charge >= 0.3 is 104 Å². The fraction of sp³-hybridized carbons (Fsp3) is 0. The van der Waals surface area contributed by atoms with Crippen LogP contribution in [-0.4, -0.2) is 32.8 Å². The molecule has 0 radical (unpaired) electrons. The number of rotatable bonds is 0. The van der Waals surface area contributed by atoms with Gasteiger partial charge in [-0.3, -0.25) is 4.57 Å². The van der Waals surface area contributed by atoms with E-state index >= 15 is 0 Å². The molecule has 0 aliphatic carbocycles. The fourth-order valence-electron chi connectivity index (χ4n) is 0. The minimum atomic E-state index is -4.89. The van der Waals surface area contributed by atoms with Crippen molar-refractivity contribution in [3.63, 3.8) is 0 Å². The van der Waals surface area contributed by atoms with Gasteiger partial charge in [-0.2, -0.15) is 0 Å². The average molecular weight is 235 g/mol. The minimum absolute atomic E-state index is 0. The Bertz CT molecular complexity index is 67.8. The van der Waals surface area contributed by atoms with Gasteiger partial charge in [-0.1, -0.05) is 0 Å². The molecule has 0 amide bonds. The van der Waals surface area contributed by atoms with Crippen molar-refractivity contribution in [3.8, 4) is 0 Å². The van der Waals surface area contributed by atoms with Crippen LogP contribution in [0.3, 0.4) is 0 Å². The van der Waals surface area contributed by atoms with E-state index in [0.717, 1.165) is 0 Å². The molecule has 0 aliphatic heterocycles. The van der Waals surface area contributed by atoms with Crippen molar-refractivity contribution in [2.75, 3.05) is 0 Å². The summed E-state index contributed by atoms with van der Waals surface area (Å²) in [6.45, 7) is 0. The maximum Gasteiger partial charge on any atom is 2.00 e. The van der Waals surface area contributed by atoms with Crippen molar-refractivity contribution in [3.05, 3.63) is 0 Å². The van der Waals surface area contributed by atoms with E-state index in [1.165, 1.54) is 0 Å². The molecule has 2 N–H and O–H groups in total. The maximum absolute atomic E-state index is 8.77. The van der Waals surface area contributed by atoms with Crippen LogP contribution in [0.25, 0.3) is 0 Å². The molecule has 0 saturated carbocycles. The Kier molecular flexibility index (Phi) is 68.9. The first kappa shape index (κ1) is 37.2. The summed E-state index contributed by atoms with van der Waals surface area (Å²) < 4.78 is 8.77. The van der Waals surface area contributed by atoms with Crippen molar-refractivity contribution in [1.82, 2.24) is 0 Å². The predicted octanol–water partition coefficient (Wildman–Crippen LogP) is -11.0. The van der Waals surface area contributed by atoms with Crippen LogP contribution in [0.2, 0.25) is 0 Å². The van der Waals surface area contributed by atoms with E-state index in [2.05, 4.69) is 0 Å². The van der Waals surface area contributed by atoms with Crippen molar-refractivity contribution in [2.24, 2.45) is 0 Å². The molecule has 0 spiro atoms. The molecule has 0 aromatic heterocycles. The van der Waals surface area contributed by atoms with Crippen molar-refractivity contribution >= 4 is 30.9 Å². The summed E-state index contributed by atoms with van der Waals surface area (Å²) in [6, 6.07) is 0. The van der Waals surface area contributed by atoms with Crippen LogP contribution >= 0.6 is 7.82 Å². The molecule has 0 bridgehead atoms. The molecule has 0 aromatic carbocycles. The van der Waals surface area contributed by atoms with Gasteiger partial charge in [0.15, 0.2) is 0 Å². The molecule has 0 rings (SSSR count). The molecule has 10 heteroatoms. The molecule has 10 heavy (non-hydrogen) atoms. The molecule has 0 atom stereocenters. The van der Waals surface area contributed by atoms with Crippen molar-refractivity contribution < 1.29 is 118 Å². The van der Waals surface area contributed by atoms with Gasteiger partial charge in [0.05, 0.1) is 0 Å². The predicted molar refractivity (Wildman–Crippen MR) is 18.5 cm³/mol. The van der Waals surface area contributed by atoms with E-state index in [9.17, 15) is 0 Å². The van der Waals surface area contributed by atoms with Crippen LogP contribution < -0.4 is 98.2 Å². The normalized spacial score (nSPS) is 5.90. The molecule has 0 saturated heterocycles. The van der Waals surface area contributed by atoms with E-state index in [0.29, 0.717) is 0 Å². The van der Waals surface area contributed by atoms with Crippen LogP contribution in [0, 0.1) is 0 Å². The summed E-state index contributed by atoms with van der Waals surface area (Å²) in [4.78, 5) is 22.9. The average Bonchev–Trinajstić information content (AvgIpc) is 0.722. The third kappa shape index (κ3) is 96.2. The zero-order valence-corrected chi connectivity index (χ0v) is 13.8. The Labute approximate surface area is 146 Å². The summed E-state index contributed by atoms with van der Waals surface area (Å²) in [5.74, 6) is 0. The first-order chi connectivity index (χ1) is 2.00. The van der Waals surface area contributed by atoms with Crippen molar-refractivity contribution in [2.45, 2.75) is 0 Å². The van der Waals surface area contributed by atoms with Gasteiger partial charge in [0.25, 0.3) is 7.82 Å². The third-order valence-corrected chi connectivity index (χ3v) is 0. The summed E-state index contributed by atoms with van der Waals surface area (Å²) >= 11 is 0. The quantitative estimate of drug-likeness (QED) is 0.321. The standard InChI is InChI=1S/ClH.K.Mg.Na.H3O4P.O/c;;;;1-5(2,3)4;/h1H;;;;(H3,1,2,3,4);/q;+1;+2;+1;;-2/p-2. The third-order valence-electron chi connectivity index (χ3n) is 0. The second-order valence-electron chi connectivity index (χ2n) is 0.491. The van der Waals surface area contributed by atoms with E-state index < -0.39 is 7.82 Å². The smallest absolute Gasteiger partial charge is 2.00 e. The Hall–Kier alpha value is 3.76. The van der Waals surface area contributed by atoms with Crippen LogP contribution in [0.1, 0.15) is 0 Å². The second-order valence-corrected chi connectivity index (χ2v) is 1.47.